The van der Waals surface area contributed by atoms with Gasteiger partial charge in [-0.2, -0.15) is 8.78 Å². The van der Waals surface area contributed by atoms with Gasteiger partial charge in [-0.3, -0.25) is 4.79 Å². The van der Waals surface area contributed by atoms with Crippen molar-refractivity contribution in [2.75, 3.05) is 20.8 Å². The quantitative estimate of drug-likeness (QED) is 0.783. The zero-order chi connectivity index (χ0) is 17.7. The molecule has 0 bridgehead atoms. The summed E-state index contributed by atoms with van der Waals surface area (Å²) in [5.74, 6) is -1.75. The molecule has 0 aromatic carbocycles. The molecule has 23 heavy (non-hydrogen) atoms. The number of hydrogen-bond donors (Lipinski definition) is 1. The summed E-state index contributed by atoms with van der Waals surface area (Å²) in [5, 5.41) is 2.36. The molecular formula is C14H20F2N2O5. The monoisotopic (exact) mass is 334 g/mol. The van der Waals surface area contributed by atoms with Crippen LogP contribution < -0.4 is 5.32 Å². The third-order valence-electron chi connectivity index (χ3n) is 3.59. The zero-order valence-electron chi connectivity index (χ0n) is 13.4. The number of nitrogens with one attached hydrogen (secondary N) is 1. The Balaban J connectivity index is 3.06. The van der Waals surface area contributed by atoms with Crippen molar-refractivity contribution in [3.8, 4) is 0 Å². The first-order valence-corrected chi connectivity index (χ1v) is 6.98. The van der Waals surface area contributed by atoms with Crippen LogP contribution in [0.1, 0.15) is 20.3 Å². The van der Waals surface area contributed by atoms with Crippen LogP contribution in [-0.4, -0.2) is 55.7 Å². The van der Waals surface area contributed by atoms with Crippen molar-refractivity contribution in [2.24, 2.45) is 5.92 Å². The molecule has 0 aromatic rings. The molecule has 2 amide bonds. The van der Waals surface area contributed by atoms with E-state index < -0.39 is 36.1 Å². The first kappa shape index (κ1) is 18.9. The van der Waals surface area contributed by atoms with Crippen LogP contribution in [0.2, 0.25) is 0 Å². The smallest absolute Gasteiger partial charge is 0.407 e. The number of carbonyl (C=O) groups is 3. The fourth-order valence-electron chi connectivity index (χ4n) is 2.32. The molecule has 0 aromatic heterocycles. The van der Waals surface area contributed by atoms with E-state index in [1.54, 1.807) is 13.8 Å². The Morgan fingerprint density at radius 1 is 1.22 bits per heavy atom. The summed E-state index contributed by atoms with van der Waals surface area (Å²) in [5.41, 5.74) is -0.297. The van der Waals surface area contributed by atoms with Crippen molar-refractivity contribution in [2.45, 2.75) is 32.4 Å². The van der Waals surface area contributed by atoms with Crippen molar-refractivity contribution >= 4 is 18.0 Å². The maximum atomic E-state index is 12.8. The van der Waals surface area contributed by atoms with E-state index in [1.165, 1.54) is 0 Å². The van der Waals surface area contributed by atoms with E-state index in [0.717, 1.165) is 19.1 Å². The number of halogens is 2. The van der Waals surface area contributed by atoms with Crippen LogP contribution in [0.15, 0.2) is 11.7 Å². The lowest BCUT2D eigenvalue weighted by Crippen LogP contribution is -2.53. The third-order valence-corrected chi connectivity index (χ3v) is 3.59. The largest absolute Gasteiger partial charge is 0.467 e. The predicted octanol–water partition coefficient (Wildman–Crippen LogP) is 1.29. The Bertz CT molecular complexity index is 517. The summed E-state index contributed by atoms with van der Waals surface area (Å²) >= 11 is 0. The number of alkyl carbamates (subject to hydrolysis) is 1. The summed E-state index contributed by atoms with van der Waals surface area (Å²) in [6.45, 7) is 2.97. The lowest BCUT2D eigenvalue weighted by atomic mass is 10.0. The van der Waals surface area contributed by atoms with Gasteiger partial charge in [0, 0.05) is 18.5 Å². The SMILES string of the molecule is COC(=O)NC(C(=O)N1CC(=C(F)F)CC1C(=O)OC)C(C)C. The topological polar surface area (TPSA) is 84.9 Å². The number of carbonyl (C=O) groups excluding carboxylic acids is 3. The molecule has 130 valence electrons. The van der Waals surface area contributed by atoms with Gasteiger partial charge in [-0.15, -0.1) is 0 Å². The first-order chi connectivity index (χ1) is 10.7. The van der Waals surface area contributed by atoms with Crippen molar-refractivity contribution < 1.29 is 32.6 Å². The summed E-state index contributed by atoms with van der Waals surface area (Å²) in [6, 6.07) is -2.14. The molecule has 0 radical (unpaired) electrons. The minimum atomic E-state index is -1.92. The molecule has 7 nitrogen and oxygen atoms in total. The molecule has 9 heteroatoms. The first-order valence-electron chi connectivity index (χ1n) is 6.98. The van der Waals surface area contributed by atoms with Gasteiger partial charge in [0.15, 0.2) is 0 Å². The average molecular weight is 334 g/mol. The van der Waals surface area contributed by atoms with Gasteiger partial charge in [0.25, 0.3) is 6.08 Å². The number of nitrogens with zero attached hydrogens (tertiary/aromatic N) is 1. The van der Waals surface area contributed by atoms with E-state index in [-0.39, 0.29) is 24.5 Å². The molecule has 1 N–H and O–H groups in total. The number of rotatable bonds is 4. The minimum absolute atomic E-state index is 0.288. The number of hydrogen-bond acceptors (Lipinski definition) is 5. The molecule has 0 aliphatic carbocycles. The molecule has 1 saturated heterocycles. The van der Waals surface area contributed by atoms with Crippen LogP contribution in [0.4, 0.5) is 13.6 Å². The van der Waals surface area contributed by atoms with E-state index in [1.807, 2.05) is 0 Å². The Morgan fingerprint density at radius 3 is 2.26 bits per heavy atom. The van der Waals surface area contributed by atoms with Crippen LogP contribution in [0.3, 0.4) is 0 Å². The zero-order valence-corrected chi connectivity index (χ0v) is 13.4. The Kier molecular flexibility index (Phi) is 6.47. The Labute approximate surface area is 132 Å². The number of esters is 1. The second kappa shape index (κ2) is 7.89. The summed E-state index contributed by atoms with van der Waals surface area (Å²) in [7, 11) is 2.26. The van der Waals surface area contributed by atoms with Crippen LogP contribution in [-0.2, 0) is 19.1 Å². The highest BCUT2D eigenvalue weighted by atomic mass is 19.3. The van der Waals surface area contributed by atoms with Crippen molar-refractivity contribution in [1.82, 2.24) is 10.2 Å². The van der Waals surface area contributed by atoms with E-state index in [0.29, 0.717) is 0 Å². The Hall–Kier alpha value is -2.19. The van der Waals surface area contributed by atoms with Gasteiger partial charge in [-0.1, -0.05) is 13.8 Å². The highest BCUT2D eigenvalue weighted by Gasteiger charge is 2.42. The van der Waals surface area contributed by atoms with Crippen molar-refractivity contribution in [3.05, 3.63) is 11.7 Å². The maximum Gasteiger partial charge on any atom is 0.407 e. The second-order valence-corrected chi connectivity index (χ2v) is 5.43. The van der Waals surface area contributed by atoms with Crippen LogP contribution in [0.25, 0.3) is 0 Å². The molecule has 1 aliphatic rings. The van der Waals surface area contributed by atoms with Crippen molar-refractivity contribution in [1.29, 1.82) is 0 Å². The van der Waals surface area contributed by atoms with Gasteiger partial charge in [-0.25, -0.2) is 9.59 Å². The van der Waals surface area contributed by atoms with Gasteiger partial charge >= 0.3 is 12.1 Å². The normalized spacial score (nSPS) is 18.7. The number of amides is 2. The minimum Gasteiger partial charge on any atom is -0.467 e. The molecule has 1 fully saturated rings. The number of methoxy groups -OCH3 is 2. The Morgan fingerprint density at radius 2 is 1.83 bits per heavy atom. The highest BCUT2D eigenvalue weighted by molar-refractivity contribution is 5.91. The predicted molar refractivity (Wildman–Crippen MR) is 75.5 cm³/mol. The molecular weight excluding hydrogens is 314 g/mol. The molecule has 1 heterocycles. The van der Waals surface area contributed by atoms with Crippen LogP contribution >= 0.6 is 0 Å². The molecule has 0 spiro atoms. The summed E-state index contributed by atoms with van der Waals surface area (Å²) in [4.78, 5) is 36.8. The van der Waals surface area contributed by atoms with E-state index in [2.05, 4.69) is 14.8 Å². The van der Waals surface area contributed by atoms with Gasteiger partial charge in [-0.05, 0) is 5.92 Å². The fraction of sp³-hybridized carbons (Fsp3) is 0.643. The highest BCUT2D eigenvalue weighted by Crippen LogP contribution is 2.28. The summed E-state index contributed by atoms with van der Waals surface area (Å²) < 4.78 is 34.7. The average Bonchev–Trinajstić information content (AvgIpc) is 2.95. The van der Waals surface area contributed by atoms with Crippen LogP contribution in [0, 0.1) is 5.92 Å². The lowest BCUT2D eigenvalue weighted by Gasteiger charge is -2.29. The number of likely N-dealkylation sites (tertiary alicyclic amines) is 1. The van der Waals surface area contributed by atoms with Gasteiger partial charge < -0.3 is 19.7 Å². The second-order valence-electron chi connectivity index (χ2n) is 5.43. The molecule has 1 aliphatic heterocycles. The maximum absolute atomic E-state index is 12.8. The fourth-order valence-corrected chi connectivity index (χ4v) is 2.32. The van der Waals surface area contributed by atoms with Crippen molar-refractivity contribution in [3.63, 3.8) is 0 Å². The lowest BCUT2D eigenvalue weighted by molar-refractivity contribution is -0.151. The summed E-state index contributed by atoms with van der Waals surface area (Å²) in [6.07, 6.45) is -3.03. The standard InChI is InChI=1S/C14H20F2N2O5/c1-7(2)10(17-14(21)23-4)12(19)18-6-8(11(15)16)5-9(18)13(20)22-3/h7,9-10H,5-6H2,1-4H3,(H,17,21). The van der Waals surface area contributed by atoms with Gasteiger partial charge in [0.2, 0.25) is 5.91 Å². The molecule has 2 atom stereocenters. The van der Waals surface area contributed by atoms with E-state index in [9.17, 15) is 23.2 Å². The van der Waals surface area contributed by atoms with Gasteiger partial charge in [0.1, 0.15) is 12.1 Å². The molecule has 2 unspecified atom stereocenters. The molecule has 1 rings (SSSR count). The molecule has 0 saturated carbocycles. The number of ether oxygens (including phenoxy) is 2. The third kappa shape index (κ3) is 4.40. The van der Waals surface area contributed by atoms with E-state index in [4.69, 9.17) is 0 Å². The van der Waals surface area contributed by atoms with E-state index >= 15 is 0 Å². The van der Waals surface area contributed by atoms with Crippen LogP contribution in [0.5, 0.6) is 0 Å². The van der Waals surface area contributed by atoms with Gasteiger partial charge in [0.05, 0.1) is 14.2 Å².